The number of rotatable bonds is 12. The van der Waals surface area contributed by atoms with Gasteiger partial charge in [-0.15, -0.1) is 0 Å². The molecule has 4 N–H and O–H groups in total. The molecule has 2 aromatic carbocycles. The highest BCUT2D eigenvalue weighted by Gasteiger charge is 2.68. The van der Waals surface area contributed by atoms with E-state index in [-0.39, 0.29) is 35.3 Å². The van der Waals surface area contributed by atoms with Crippen molar-refractivity contribution in [3.05, 3.63) is 90.0 Å². The third-order valence-electron chi connectivity index (χ3n) is 10.8. The summed E-state index contributed by atoms with van der Waals surface area (Å²) in [6.07, 6.45) is 6.92. The minimum Gasteiger partial charge on any atom is -0.508 e. The summed E-state index contributed by atoms with van der Waals surface area (Å²) in [5.41, 5.74) is 1.05. The first-order valence-corrected chi connectivity index (χ1v) is 17.2. The molecule has 12 heteroatoms. The highest BCUT2D eigenvalue weighted by atomic mass is 16.7. The molecule has 11 nitrogen and oxygen atoms in total. The number of hydrogen-bond donors (Lipinski definition) is 4. The average molecular weight is 668 g/mol. The van der Waals surface area contributed by atoms with Crippen LogP contribution in [0.15, 0.2) is 73.2 Å². The van der Waals surface area contributed by atoms with Gasteiger partial charge in [0.05, 0.1) is 23.8 Å². The Morgan fingerprint density at radius 2 is 1.69 bits per heavy atom. The van der Waals surface area contributed by atoms with Crippen LogP contribution >= 0.6 is 0 Å². The molecule has 49 heavy (non-hydrogen) atoms. The number of nitrogens with zero attached hydrogens (tertiary/aromatic N) is 2. The number of nitrogens with one attached hydrogen (secondary N) is 3. The summed E-state index contributed by atoms with van der Waals surface area (Å²) >= 11 is 0. The Labute approximate surface area is 288 Å². The number of aromatic nitrogens is 2. The third kappa shape index (κ3) is 7.21. The van der Waals surface area contributed by atoms with Crippen LogP contribution in [-0.4, -0.2) is 63.6 Å². The monoisotopic (exact) mass is 667 g/mol. The van der Waals surface area contributed by atoms with E-state index in [2.05, 4.69) is 60.5 Å². The van der Waals surface area contributed by atoms with Gasteiger partial charge in [0.1, 0.15) is 23.5 Å². The molecule has 3 aromatic rings. The van der Waals surface area contributed by atoms with E-state index in [4.69, 9.17) is 9.31 Å². The van der Waals surface area contributed by atoms with Crippen molar-refractivity contribution in [2.75, 3.05) is 0 Å². The van der Waals surface area contributed by atoms with Crippen LogP contribution in [0.1, 0.15) is 81.5 Å². The Hall–Kier alpha value is -4.29. The summed E-state index contributed by atoms with van der Waals surface area (Å²) < 4.78 is 13.4. The Bertz CT molecular complexity index is 1640. The van der Waals surface area contributed by atoms with Crippen molar-refractivity contribution in [1.29, 1.82) is 0 Å². The summed E-state index contributed by atoms with van der Waals surface area (Å²) in [5, 5.41) is 18.8. The number of benzene rings is 2. The zero-order valence-electron chi connectivity index (χ0n) is 28.8. The molecule has 2 bridgehead atoms. The Balaban J connectivity index is 1.24. The zero-order chi connectivity index (χ0) is 34.9. The SMILES string of the molecule is CC(C)C[C@H](NC(=O)[C@H](Cc1ccc(O)cc1)NC(=O)[C@@H](NC(=O)c1cnccn1)c1ccccc1)B1O[C@@H]2C[C@@H]3CC(C3(C)C)[C@]2(C)O1. The first kappa shape index (κ1) is 34.6. The normalized spacial score (nSPS) is 25.3. The van der Waals surface area contributed by atoms with Crippen molar-refractivity contribution in [2.24, 2.45) is 23.2 Å². The zero-order valence-corrected chi connectivity index (χ0v) is 28.8. The summed E-state index contributed by atoms with van der Waals surface area (Å²) in [7, 11) is -0.634. The first-order valence-electron chi connectivity index (χ1n) is 17.2. The number of carbonyl (C=O) groups excluding carboxylic acids is 3. The average Bonchev–Trinajstić information content (AvgIpc) is 3.45. The van der Waals surface area contributed by atoms with Gasteiger partial charge in [-0.25, -0.2) is 4.98 Å². The molecular formula is C37H46BN5O6. The lowest BCUT2D eigenvalue weighted by Crippen LogP contribution is -2.65. The van der Waals surface area contributed by atoms with Gasteiger partial charge < -0.3 is 30.4 Å². The van der Waals surface area contributed by atoms with E-state index in [1.807, 2.05) is 6.07 Å². The van der Waals surface area contributed by atoms with Crippen LogP contribution in [-0.2, 0) is 25.3 Å². The van der Waals surface area contributed by atoms with E-state index in [1.54, 1.807) is 36.4 Å². The number of amides is 3. The smallest absolute Gasteiger partial charge is 0.481 e. The fourth-order valence-corrected chi connectivity index (χ4v) is 8.00. The number of phenolic OH excluding ortho intramolecular Hbond substituents is 1. The van der Waals surface area contributed by atoms with E-state index in [0.29, 0.717) is 23.8 Å². The van der Waals surface area contributed by atoms with Gasteiger partial charge in [-0.2, -0.15) is 0 Å². The van der Waals surface area contributed by atoms with Gasteiger partial charge in [0, 0.05) is 18.8 Å². The quantitative estimate of drug-likeness (QED) is 0.210. The molecule has 258 valence electrons. The van der Waals surface area contributed by atoms with Crippen molar-refractivity contribution >= 4 is 24.8 Å². The molecule has 1 saturated heterocycles. The van der Waals surface area contributed by atoms with Crippen LogP contribution in [0.3, 0.4) is 0 Å². The number of hydrogen-bond acceptors (Lipinski definition) is 8. The lowest BCUT2D eigenvalue weighted by atomic mass is 9.43. The van der Waals surface area contributed by atoms with Crippen LogP contribution in [0.5, 0.6) is 5.75 Å². The van der Waals surface area contributed by atoms with Gasteiger partial charge in [0.15, 0.2) is 0 Å². The number of carbonyl (C=O) groups is 3. The Morgan fingerprint density at radius 3 is 2.35 bits per heavy atom. The molecule has 1 aromatic heterocycles. The standard InChI is InChI=1S/C37H46BN5O6/c1-22(2)17-31(38-48-30-20-25-19-29(36(25,3)4)37(30,5)49-38)42-33(45)27(18-23-11-13-26(44)14-12-23)41-35(47)32(24-9-7-6-8-10-24)43-34(46)28-21-39-15-16-40-28/h6-16,21-22,25,27,29-32,44H,17-20H2,1-5H3,(H,41,47)(H,42,45)(H,43,46)/t25-,27-,29?,30+,31-,32-,37-/m0/s1. The lowest BCUT2D eigenvalue weighted by molar-refractivity contribution is -0.199. The maximum Gasteiger partial charge on any atom is 0.481 e. The molecule has 4 fully saturated rings. The maximum atomic E-state index is 14.3. The van der Waals surface area contributed by atoms with E-state index in [9.17, 15) is 19.5 Å². The lowest BCUT2D eigenvalue weighted by Gasteiger charge is -2.64. The van der Waals surface area contributed by atoms with Crippen LogP contribution in [0.4, 0.5) is 0 Å². The molecule has 4 aliphatic rings. The van der Waals surface area contributed by atoms with Crippen molar-refractivity contribution in [3.63, 3.8) is 0 Å². The van der Waals surface area contributed by atoms with Gasteiger partial charge in [-0.1, -0.05) is 70.2 Å². The minimum absolute atomic E-state index is 0.0436. The van der Waals surface area contributed by atoms with Gasteiger partial charge >= 0.3 is 7.12 Å². The second kappa shape index (κ2) is 13.9. The van der Waals surface area contributed by atoms with Crippen molar-refractivity contribution in [2.45, 2.75) is 90.0 Å². The maximum absolute atomic E-state index is 14.3. The summed E-state index contributed by atoms with van der Waals surface area (Å²) in [6.45, 7) is 10.9. The summed E-state index contributed by atoms with van der Waals surface area (Å²) in [5.74, 6) is -0.746. The van der Waals surface area contributed by atoms with Crippen LogP contribution in [0.2, 0.25) is 0 Å². The molecule has 3 saturated carbocycles. The van der Waals surface area contributed by atoms with Gasteiger partial charge in [0.25, 0.3) is 5.91 Å². The molecule has 3 amide bonds. The second-order valence-electron chi connectivity index (χ2n) is 14.9. The fourth-order valence-electron chi connectivity index (χ4n) is 8.00. The van der Waals surface area contributed by atoms with Gasteiger partial charge in [-0.05, 0) is 72.6 Å². The van der Waals surface area contributed by atoms with Crippen molar-refractivity contribution in [3.8, 4) is 5.75 Å². The van der Waals surface area contributed by atoms with E-state index >= 15 is 0 Å². The topological polar surface area (TPSA) is 152 Å². The second-order valence-corrected chi connectivity index (χ2v) is 14.9. The predicted molar refractivity (Wildman–Crippen MR) is 184 cm³/mol. The van der Waals surface area contributed by atoms with Crippen LogP contribution < -0.4 is 16.0 Å². The van der Waals surface area contributed by atoms with E-state index in [0.717, 1.165) is 18.4 Å². The van der Waals surface area contributed by atoms with Gasteiger partial charge in [-0.3, -0.25) is 19.4 Å². The number of phenols is 1. The number of aromatic hydroxyl groups is 1. The fraction of sp³-hybridized carbons (Fsp3) is 0.486. The molecule has 0 spiro atoms. The van der Waals surface area contributed by atoms with E-state index in [1.165, 1.54) is 30.7 Å². The predicted octanol–water partition coefficient (Wildman–Crippen LogP) is 4.18. The molecule has 2 heterocycles. The molecule has 7 atom stereocenters. The van der Waals surface area contributed by atoms with Crippen molar-refractivity contribution < 1.29 is 28.8 Å². The third-order valence-corrected chi connectivity index (χ3v) is 10.8. The van der Waals surface area contributed by atoms with Crippen LogP contribution in [0.25, 0.3) is 0 Å². The minimum atomic E-state index is -1.13. The highest BCUT2D eigenvalue weighted by molar-refractivity contribution is 6.48. The summed E-state index contributed by atoms with van der Waals surface area (Å²) in [6, 6.07) is 13.2. The molecular weight excluding hydrogens is 621 g/mol. The van der Waals surface area contributed by atoms with E-state index < -0.39 is 48.5 Å². The Kier molecular flexibility index (Phi) is 9.82. The summed E-state index contributed by atoms with van der Waals surface area (Å²) in [4.78, 5) is 49.5. The van der Waals surface area contributed by atoms with Gasteiger partial charge in [0.2, 0.25) is 11.8 Å². The molecule has 0 radical (unpaired) electrons. The Morgan fingerprint density at radius 1 is 0.959 bits per heavy atom. The first-order chi connectivity index (χ1) is 23.3. The van der Waals surface area contributed by atoms with Crippen LogP contribution in [0, 0.1) is 23.2 Å². The largest absolute Gasteiger partial charge is 0.508 e. The highest BCUT2D eigenvalue weighted by Crippen LogP contribution is 2.65. The molecule has 3 aliphatic carbocycles. The molecule has 1 aliphatic heterocycles. The van der Waals surface area contributed by atoms with Crippen molar-refractivity contribution in [1.82, 2.24) is 25.9 Å². The molecule has 7 rings (SSSR count). The molecule has 1 unspecified atom stereocenters.